The normalized spacial score (nSPS) is 11.5. The van der Waals surface area contributed by atoms with Crippen LogP contribution in [-0.2, 0) is 9.59 Å². The third-order valence-electron chi connectivity index (χ3n) is 2.57. The second kappa shape index (κ2) is 6.63. The topological polar surface area (TPSA) is 84.9 Å². The molecule has 6 nitrogen and oxygen atoms in total. The van der Waals surface area contributed by atoms with Crippen LogP contribution in [0.1, 0.15) is 24.9 Å². The second-order valence-electron chi connectivity index (χ2n) is 3.97. The van der Waals surface area contributed by atoms with Crippen LogP contribution in [0.3, 0.4) is 0 Å². The predicted molar refractivity (Wildman–Crippen MR) is 68.4 cm³/mol. The van der Waals surface area contributed by atoms with Crippen molar-refractivity contribution in [3.05, 3.63) is 23.8 Å². The van der Waals surface area contributed by atoms with Crippen LogP contribution in [0.15, 0.2) is 18.2 Å². The molecule has 0 heterocycles. The number of hydrogen-bond donors (Lipinski definition) is 2. The molecule has 1 aromatic rings. The van der Waals surface area contributed by atoms with Gasteiger partial charge in [0.25, 0.3) is 0 Å². The number of ether oxygens (including phenoxy) is 2. The molecule has 1 atom stereocenters. The van der Waals surface area contributed by atoms with Crippen molar-refractivity contribution < 1.29 is 24.2 Å². The average Bonchev–Trinajstić information content (AvgIpc) is 2.36. The van der Waals surface area contributed by atoms with E-state index in [2.05, 4.69) is 5.32 Å². The summed E-state index contributed by atoms with van der Waals surface area (Å²) >= 11 is 0. The number of carbonyl (C=O) groups excluding carboxylic acids is 1. The van der Waals surface area contributed by atoms with Crippen molar-refractivity contribution in [1.29, 1.82) is 0 Å². The number of rotatable bonds is 6. The fourth-order valence-electron chi connectivity index (χ4n) is 1.74. The van der Waals surface area contributed by atoms with E-state index in [9.17, 15) is 9.59 Å². The summed E-state index contributed by atoms with van der Waals surface area (Å²) in [6, 6.07) is 4.42. The van der Waals surface area contributed by atoms with Gasteiger partial charge in [0.1, 0.15) is 0 Å². The molecule has 2 N–H and O–H groups in total. The van der Waals surface area contributed by atoms with Crippen molar-refractivity contribution in [2.24, 2.45) is 0 Å². The van der Waals surface area contributed by atoms with E-state index in [-0.39, 0.29) is 12.3 Å². The number of aliphatic carboxylic acids is 1. The number of carboxylic acid groups (broad SMARTS) is 1. The zero-order valence-corrected chi connectivity index (χ0v) is 11.1. The van der Waals surface area contributed by atoms with Crippen LogP contribution >= 0.6 is 0 Å². The molecule has 1 rings (SSSR count). The first-order valence-electron chi connectivity index (χ1n) is 5.68. The Hall–Kier alpha value is -2.24. The zero-order valence-electron chi connectivity index (χ0n) is 11.1. The van der Waals surface area contributed by atoms with Crippen molar-refractivity contribution in [2.45, 2.75) is 19.4 Å². The molecule has 0 bridgehead atoms. The Morgan fingerprint density at radius 2 is 1.89 bits per heavy atom. The van der Waals surface area contributed by atoms with Crippen molar-refractivity contribution in [2.75, 3.05) is 14.2 Å². The lowest BCUT2D eigenvalue weighted by atomic mass is 10.0. The SMILES string of the molecule is COc1ccc([C@H](CC(=O)O)NC(C)=O)cc1OC. The molecule has 19 heavy (non-hydrogen) atoms. The van der Waals surface area contributed by atoms with Gasteiger partial charge in [0.05, 0.1) is 26.7 Å². The number of carboxylic acids is 1. The van der Waals surface area contributed by atoms with E-state index >= 15 is 0 Å². The van der Waals surface area contributed by atoms with E-state index < -0.39 is 12.0 Å². The molecule has 104 valence electrons. The Morgan fingerprint density at radius 3 is 2.37 bits per heavy atom. The van der Waals surface area contributed by atoms with Gasteiger partial charge >= 0.3 is 5.97 Å². The number of nitrogens with one attached hydrogen (secondary N) is 1. The average molecular weight is 267 g/mol. The minimum Gasteiger partial charge on any atom is -0.493 e. The lowest BCUT2D eigenvalue weighted by molar-refractivity contribution is -0.137. The molecule has 0 saturated carbocycles. The molecule has 0 aromatic heterocycles. The van der Waals surface area contributed by atoms with Gasteiger partial charge in [-0.1, -0.05) is 6.07 Å². The highest BCUT2D eigenvalue weighted by atomic mass is 16.5. The van der Waals surface area contributed by atoms with E-state index in [4.69, 9.17) is 14.6 Å². The number of benzene rings is 1. The van der Waals surface area contributed by atoms with Crippen molar-refractivity contribution in [3.63, 3.8) is 0 Å². The molecule has 0 aliphatic heterocycles. The maximum atomic E-state index is 11.1. The van der Waals surface area contributed by atoms with Gasteiger partial charge in [-0.2, -0.15) is 0 Å². The van der Waals surface area contributed by atoms with Crippen molar-refractivity contribution in [1.82, 2.24) is 5.32 Å². The molecule has 0 radical (unpaired) electrons. The van der Waals surface area contributed by atoms with Crippen LogP contribution in [0.25, 0.3) is 0 Å². The fraction of sp³-hybridized carbons (Fsp3) is 0.385. The van der Waals surface area contributed by atoms with Gasteiger partial charge in [0.2, 0.25) is 5.91 Å². The smallest absolute Gasteiger partial charge is 0.305 e. The van der Waals surface area contributed by atoms with Gasteiger partial charge < -0.3 is 19.9 Å². The Labute approximate surface area is 111 Å². The van der Waals surface area contributed by atoms with Crippen LogP contribution in [0.5, 0.6) is 11.5 Å². The third-order valence-corrected chi connectivity index (χ3v) is 2.57. The predicted octanol–water partition coefficient (Wildman–Crippen LogP) is 1.36. The highest BCUT2D eigenvalue weighted by Crippen LogP contribution is 2.30. The van der Waals surface area contributed by atoms with E-state index in [1.807, 2.05) is 0 Å². The third kappa shape index (κ3) is 4.17. The molecular formula is C13H17NO5. The number of methoxy groups -OCH3 is 2. The fourth-order valence-corrected chi connectivity index (χ4v) is 1.74. The van der Waals surface area contributed by atoms with Gasteiger partial charge in [0, 0.05) is 6.92 Å². The summed E-state index contributed by atoms with van der Waals surface area (Å²) in [6.45, 7) is 1.34. The van der Waals surface area contributed by atoms with Gasteiger partial charge in [-0.25, -0.2) is 0 Å². The lowest BCUT2D eigenvalue weighted by Crippen LogP contribution is -2.28. The van der Waals surface area contributed by atoms with E-state index in [0.29, 0.717) is 17.1 Å². The first kappa shape index (κ1) is 14.8. The highest BCUT2D eigenvalue weighted by molar-refractivity contribution is 5.75. The molecule has 0 aliphatic rings. The molecular weight excluding hydrogens is 250 g/mol. The summed E-state index contributed by atoms with van der Waals surface area (Å²) in [5.74, 6) is -0.251. The molecule has 6 heteroatoms. The Bertz CT molecular complexity index is 456. The van der Waals surface area contributed by atoms with Gasteiger partial charge in [-0.3, -0.25) is 9.59 Å². The number of hydrogen-bond acceptors (Lipinski definition) is 4. The van der Waals surface area contributed by atoms with Crippen LogP contribution in [-0.4, -0.2) is 31.2 Å². The number of carbonyl (C=O) groups is 2. The Kier molecular flexibility index (Phi) is 5.17. The van der Waals surface area contributed by atoms with E-state index in [1.165, 1.54) is 21.1 Å². The second-order valence-corrected chi connectivity index (χ2v) is 3.97. The Balaban J connectivity index is 3.07. The molecule has 0 spiro atoms. The van der Waals surface area contributed by atoms with Gasteiger partial charge in [-0.15, -0.1) is 0 Å². The quantitative estimate of drug-likeness (QED) is 0.812. The monoisotopic (exact) mass is 267 g/mol. The Morgan fingerprint density at radius 1 is 1.26 bits per heavy atom. The van der Waals surface area contributed by atoms with E-state index in [1.54, 1.807) is 18.2 Å². The first-order valence-corrected chi connectivity index (χ1v) is 5.68. The summed E-state index contributed by atoms with van der Waals surface area (Å²) in [5, 5.41) is 11.5. The molecule has 0 saturated heterocycles. The standard InChI is InChI=1S/C13H17NO5/c1-8(15)14-10(7-13(16)17)9-4-5-11(18-2)12(6-9)19-3/h4-6,10H,7H2,1-3H3,(H,14,15)(H,16,17)/t10-/m0/s1. The van der Waals surface area contributed by atoms with Crippen molar-refractivity contribution >= 4 is 11.9 Å². The van der Waals surface area contributed by atoms with E-state index in [0.717, 1.165) is 0 Å². The minimum absolute atomic E-state index is 0.199. The maximum Gasteiger partial charge on any atom is 0.305 e. The van der Waals surface area contributed by atoms with Crippen LogP contribution in [0.4, 0.5) is 0 Å². The summed E-state index contributed by atoms with van der Waals surface area (Å²) in [5.41, 5.74) is 0.648. The van der Waals surface area contributed by atoms with Gasteiger partial charge in [-0.05, 0) is 17.7 Å². The number of amides is 1. The molecule has 0 fully saturated rings. The molecule has 0 aliphatic carbocycles. The van der Waals surface area contributed by atoms with Crippen molar-refractivity contribution in [3.8, 4) is 11.5 Å². The maximum absolute atomic E-state index is 11.1. The zero-order chi connectivity index (χ0) is 14.4. The summed E-state index contributed by atoms with van der Waals surface area (Å²) in [6.07, 6.45) is -0.199. The van der Waals surface area contributed by atoms with Crippen LogP contribution < -0.4 is 14.8 Å². The minimum atomic E-state index is -0.992. The molecule has 0 unspecified atom stereocenters. The van der Waals surface area contributed by atoms with Crippen LogP contribution in [0, 0.1) is 0 Å². The summed E-state index contributed by atoms with van der Waals surface area (Å²) < 4.78 is 10.3. The lowest BCUT2D eigenvalue weighted by Gasteiger charge is -2.18. The first-order chi connectivity index (χ1) is 8.97. The highest BCUT2D eigenvalue weighted by Gasteiger charge is 2.18. The molecule has 1 amide bonds. The summed E-state index contributed by atoms with van der Waals surface area (Å²) in [4.78, 5) is 22.0. The van der Waals surface area contributed by atoms with Crippen LogP contribution in [0.2, 0.25) is 0 Å². The molecule has 1 aromatic carbocycles. The van der Waals surface area contributed by atoms with Gasteiger partial charge in [0.15, 0.2) is 11.5 Å². The summed E-state index contributed by atoms with van der Waals surface area (Å²) in [7, 11) is 3.01. The largest absolute Gasteiger partial charge is 0.493 e.